The number of carbonyl (C=O) groups excluding carboxylic acids is 1. The summed E-state index contributed by atoms with van der Waals surface area (Å²) in [5.74, 6) is 0.752. The molecule has 7 heteroatoms. The number of alkyl carbamates (subject to hydrolysis) is 1. The van der Waals surface area contributed by atoms with E-state index in [1.54, 1.807) is 7.05 Å². The standard InChI is InChI=1S/C19H39N5O2/c1-8-15(24-11-9-10-12-24)13-21-16(20-7)22-14-19(5,6)23-17(25)26-18(2,3)4/h15H,8-14H2,1-7H3,(H,23,25)(H2,20,21,22). The molecule has 3 N–H and O–H groups in total. The number of likely N-dealkylation sites (tertiary alicyclic amines) is 1. The maximum Gasteiger partial charge on any atom is 0.408 e. The Labute approximate surface area is 159 Å². The number of nitrogens with zero attached hydrogens (tertiary/aromatic N) is 2. The molecule has 1 aliphatic rings. The molecule has 0 bridgehead atoms. The van der Waals surface area contributed by atoms with Crippen LogP contribution in [0.2, 0.25) is 0 Å². The second kappa shape index (κ2) is 10.00. The molecule has 152 valence electrons. The zero-order valence-electron chi connectivity index (χ0n) is 17.7. The van der Waals surface area contributed by atoms with Gasteiger partial charge in [-0.2, -0.15) is 0 Å². The van der Waals surface area contributed by atoms with Gasteiger partial charge < -0.3 is 20.7 Å². The lowest BCUT2D eigenvalue weighted by Gasteiger charge is -2.30. The van der Waals surface area contributed by atoms with Gasteiger partial charge in [0.1, 0.15) is 5.60 Å². The number of aliphatic imine (C=N–C) groups is 1. The summed E-state index contributed by atoms with van der Waals surface area (Å²) in [5.41, 5.74) is -0.963. The minimum Gasteiger partial charge on any atom is -0.444 e. The lowest BCUT2D eigenvalue weighted by atomic mass is 10.1. The Balaban J connectivity index is 2.43. The zero-order chi connectivity index (χ0) is 19.8. The lowest BCUT2D eigenvalue weighted by Crippen LogP contribution is -2.55. The summed E-state index contributed by atoms with van der Waals surface area (Å²) in [5, 5.41) is 9.61. The summed E-state index contributed by atoms with van der Waals surface area (Å²) in [6, 6.07) is 0.531. The quantitative estimate of drug-likeness (QED) is 0.474. The first kappa shape index (κ1) is 22.5. The highest BCUT2D eigenvalue weighted by Gasteiger charge is 2.25. The van der Waals surface area contributed by atoms with Gasteiger partial charge in [-0.25, -0.2) is 4.79 Å². The molecule has 1 saturated heterocycles. The summed E-state index contributed by atoms with van der Waals surface area (Å²) >= 11 is 0. The van der Waals surface area contributed by atoms with E-state index in [2.05, 4.69) is 32.8 Å². The van der Waals surface area contributed by atoms with Gasteiger partial charge in [0, 0.05) is 26.2 Å². The molecule has 0 aliphatic carbocycles. The van der Waals surface area contributed by atoms with E-state index in [9.17, 15) is 4.79 Å². The van der Waals surface area contributed by atoms with Crippen molar-refractivity contribution in [3.63, 3.8) is 0 Å². The number of guanidine groups is 1. The van der Waals surface area contributed by atoms with E-state index in [0.717, 1.165) is 18.9 Å². The molecule has 1 heterocycles. The summed E-state index contributed by atoms with van der Waals surface area (Å²) < 4.78 is 5.33. The highest BCUT2D eigenvalue weighted by atomic mass is 16.6. The number of rotatable bonds is 7. The average Bonchev–Trinajstić information content (AvgIpc) is 3.02. The van der Waals surface area contributed by atoms with Gasteiger partial charge in [0.05, 0.1) is 5.54 Å². The molecule has 0 aromatic rings. The number of amides is 1. The first-order valence-corrected chi connectivity index (χ1v) is 9.76. The van der Waals surface area contributed by atoms with E-state index < -0.39 is 17.2 Å². The summed E-state index contributed by atoms with van der Waals surface area (Å²) in [7, 11) is 1.76. The maximum atomic E-state index is 12.0. The van der Waals surface area contributed by atoms with E-state index >= 15 is 0 Å². The molecular formula is C19H39N5O2. The Bertz CT molecular complexity index is 465. The molecular weight excluding hydrogens is 330 g/mol. The second-order valence-electron chi connectivity index (χ2n) is 8.62. The molecule has 0 spiro atoms. The van der Waals surface area contributed by atoms with E-state index in [1.807, 2.05) is 34.6 Å². The SMILES string of the molecule is CCC(CNC(=NC)NCC(C)(C)NC(=O)OC(C)(C)C)N1CCCC1. The van der Waals surface area contributed by atoms with Gasteiger partial charge in [0.15, 0.2) is 5.96 Å². The van der Waals surface area contributed by atoms with E-state index in [1.165, 1.54) is 25.9 Å². The van der Waals surface area contributed by atoms with Crippen LogP contribution in [0, 0.1) is 0 Å². The Morgan fingerprint density at radius 3 is 2.27 bits per heavy atom. The Morgan fingerprint density at radius 2 is 1.77 bits per heavy atom. The number of ether oxygens (including phenoxy) is 1. The van der Waals surface area contributed by atoms with E-state index in [-0.39, 0.29) is 0 Å². The number of carbonyl (C=O) groups is 1. The third-order valence-electron chi connectivity index (χ3n) is 4.39. The number of nitrogens with one attached hydrogen (secondary N) is 3. The van der Waals surface area contributed by atoms with Crippen LogP contribution < -0.4 is 16.0 Å². The first-order valence-electron chi connectivity index (χ1n) is 9.76. The van der Waals surface area contributed by atoms with Crippen molar-refractivity contribution in [2.24, 2.45) is 4.99 Å². The molecule has 0 aromatic carbocycles. The highest BCUT2D eigenvalue weighted by molar-refractivity contribution is 5.79. The molecule has 1 unspecified atom stereocenters. The predicted molar refractivity (Wildman–Crippen MR) is 108 cm³/mol. The summed E-state index contributed by atoms with van der Waals surface area (Å²) in [6.07, 6.45) is 3.31. The zero-order valence-corrected chi connectivity index (χ0v) is 17.7. The van der Waals surface area contributed by atoms with E-state index in [0.29, 0.717) is 12.6 Å². The number of hydrogen-bond donors (Lipinski definition) is 3. The summed E-state index contributed by atoms with van der Waals surface area (Å²) in [6.45, 7) is 15.5. The van der Waals surface area contributed by atoms with Crippen molar-refractivity contribution < 1.29 is 9.53 Å². The lowest BCUT2D eigenvalue weighted by molar-refractivity contribution is 0.0474. The fourth-order valence-corrected chi connectivity index (χ4v) is 3.00. The molecule has 1 aliphatic heterocycles. The first-order chi connectivity index (χ1) is 12.1. The van der Waals surface area contributed by atoms with Crippen LogP contribution in [0.25, 0.3) is 0 Å². The molecule has 1 fully saturated rings. The van der Waals surface area contributed by atoms with Crippen LogP contribution in [0.5, 0.6) is 0 Å². The minimum atomic E-state index is -0.504. The van der Waals surface area contributed by atoms with Gasteiger partial charge in [-0.1, -0.05) is 6.92 Å². The van der Waals surface area contributed by atoms with Crippen LogP contribution in [0.1, 0.15) is 60.8 Å². The normalized spacial score (nSPS) is 17.7. The van der Waals surface area contributed by atoms with Gasteiger partial charge >= 0.3 is 6.09 Å². The Hall–Kier alpha value is -1.50. The van der Waals surface area contributed by atoms with Gasteiger partial charge in [0.25, 0.3) is 0 Å². The molecule has 7 nitrogen and oxygen atoms in total. The van der Waals surface area contributed by atoms with Gasteiger partial charge in [-0.15, -0.1) is 0 Å². The van der Waals surface area contributed by atoms with Crippen molar-refractivity contribution in [2.75, 3.05) is 33.2 Å². The molecule has 1 atom stereocenters. The van der Waals surface area contributed by atoms with Crippen LogP contribution >= 0.6 is 0 Å². The smallest absolute Gasteiger partial charge is 0.408 e. The fourth-order valence-electron chi connectivity index (χ4n) is 3.00. The van der Waals surface area contributed by atoms with Crippen LogP contribution in [0.4, 0.5) is 4.79 Å². The van der Waals surface area contributed by atoms with Gasteiger partial charge in [0.2, 0.25) is 0 Å². The largest absolute Gasteiger partial charge is 0.444 e. The number of hydrogen-bond acceptors (Lipinski definition) is 4. The van der Waals surface area contributed by atoms with Crippen LogP contribution in [0.3, 0.4) is 0 Å². The Morgan fingerprint density at radius 1 is 1.15 bits per heavy atom. The fraction of sp³-hybridized carbons (Fsp3) is 0.895. The topological polar surface area (TPSA) is 78.0 Å². The Kier molecular flexibility index (Phi) is 8.67. The monoisotopic (exact) mass is 369 g/mol. The molecule has 26 heavy (non-hydrogen) atoms. The van der Waals surface area contributed by atoms with Crippen molar-refractivity contribution in [1.29, 1.82) is 0 Å². The average molecular weight is 370 g/mol. The van der Waals surface area contributed by atoms with Gasteiger partial charge in [-0.05, 0) is 67.0 Å². The van der Waals surface area contributed by atoms with E-state index in [4.69, 9.17) is 4.74 Å². The molecule has 1 amide bonds. The third kappa shape index (κ3) is 8.74. The van der Waals surface area contributed by atoms with Crippen molar-refractivity contribution in [2.45, 2.75) is 78.0 Å². The predicted octanol–water partition coefficient (Wildman–Crippen LogP) is 2.33. The second-order valence-corrected chi connectivity index (χ2v) is 8.62. The van der Waals surface area contributed by atoms with Crippen LogP contribution in [-0.4, -0.2) is 67.4 Å². The molecule has 0 radical (unpaired) electrons. The van der Waals surface area contributed by atoms with Crippen LogP contribution in [-0.2, 0) is 4.74 Å². The third-order valence-corrected chi connectivity index (χ3v) is 4.39. The molecule has 0 saturated carbocycles. The highest BCUT2D eigenvalue weighted by Crippen LogP contribution is 2.13. The molecule has 0 aromatic heterocycles. The summed E-state index contributed by atoms with van der Waals surface area (Å²) in [4.78, 5) is 18.8. The van der Waals surface area contributed by atoms with Gasteiger partial charge in [-0.3, -0.25) is 9.89 Å². The minimum absolute atomic E-state index is 0.410. The van der Waals surface area contributed by atoms with Crippen molar-refractivity contribution in [3.8, 4) is 0 Å². The van der Waals surface area contributed by atoms with Crippen molar-refractivity contribution >= 4 is 12.1 Å². The van der Waals surface area contributed by atoms with Crippen LogP contribution in [0.15, 0.2) is 4.99 Å². The van der Waals surface area contributed by atoms with Crippen molar-refractivity contribution in [1.82, 2.24) is 20.9 Å². The molecule has 1 rings (SSSR count). The maximum absolute atomic E-state index is 12.0. The van der Waals surface area contributed by atoms with Crippen molar-refractivity contribution in [3.05, 3.63) is 0 Å².